The molecule has 292 valence electrons. The Labute approximate surface area is 333 Å². The number of carbonyl (C=O) groups excluding carboxylic acids is 3. The van der Waals surface area contributed by atoms with Crippen molar-refractivity contribution in [1.29, 1.82) is 0 Å². The summed E-state index contributed by atoms with van der Waals surface area (Å²) in [5.74, 6) is -0.153. The fraction of sp³-hybridized carbons (Fsp3) is 0.372. The Hall–Kier alpha value is -5.73. The quantitative estimate of drug-likeness (QED) is 0.203. The second kappa shape index (κ2) is 13.7. The van der Waals surface area contributed by atoms with E-state index in [9.17, 15) is 19.2 Å². The monoisotopic (exact) mass is 783 g/mol. The first kappa shape index (κ1) is 35.7. The predicted octanol–water partition coefficient (Wildman–Crippen LogP) is 4.86. The molecule has 3 amide bonds. The van der Waals surface area contributed by atoms with Crippen molar-refractivity contribution in [3.05, 3.63) is 81.6 Å². The second-order valence-electron chi connectivity index (χ2n) is 16.2. The number of nitrogens with zero attached hydrogens (tertiary/aromatic N) is 6. The highest BCUT2D eigenvalue weighted by Crippen LogP contribution is 2.41. The van der Waals surface area contributed by atoms with E-state index in [1.165, 1.54) is 27.2 Å². The standard InChI is InChI=1S/C43H45N9O4S/c1-24-18-27(4-6-29(24)31-8-7-30-32(46-31)9-12-36-38(30)39-40(57-36)42(55)45-25(2)20-44-39)50-16-14-49(15-17-50)21-26-22-51(23-26)28-5-10-33-35(19-28)48(3)43(56)52(33)34-11-13-37(53)47-41(34)54/h4-10,12,18-19,25-26,34,44H,11,13-17,20-23H2,1-3H3,(H,45,55)(H,47,53,54)/t25-,34?/m1/s1. The minimum absolute atomic E-state index is 0.0192. The number of amides is 3. The van der Waals surface area contributed by atoms with Crippen LogP contribution < -0.4 is 31.4 Å². The van der Waals surface area contributed by atoms with Crippen LogP contribution in [0.1, 0.15) is 41.0 Å². The number of aryl methyl sites for hydroxylation is 2. The van der Waals surface area contributed by atoms with Gasteiger partial charge >= 0.3 is 5.69 Å². The summed E-state index contributed by atoms with van der Waals surface area (Å²) in [5, 5.41) is 11.1. The van der Waals surface area contributed by atoms with Crippen molar-refractivity contribution in [2.24, 2.45) is 13.0 Å². The average Bonchev–Trinajstić information content (AvgIpc) is 3.64. The zero-order valence-electron chi connectivity index (χ0n) is 32.3. The van der Waals surface area contributed by atoms with Gasteiger partial charge in [-0.1, -0.05) is 6.07 Å². The first-order valence-corrected chi connectivity index (χ1v) is 20.7. The summed E-state index contributed by atoms with van der Waals surface area (Å²) >= 11 is 1.53. The summed E-state index contributed by atoms with van der Waals surface area (Å²) in [7, 11) is 1.74. The van der Waals surface area contributed by atoms with E-state index in [2.05, 4.69) is 80.0 Å². The van der Waals surface area contributed by atoms with Gasteiger partial charge in [0.15, 0.2) is 0 Å². The van der Waals surface area contributed by atoms with Crippen LogP contribution in [0.4, 0.5) is 17.1 Å². The van der Waals surface area contributed by atoms with Gasteiger partial charge in [-0.2, -0.15) is 0 Å². The number of aromatic nitrogens is 3. The van der Waals surface area contributed by atoms with Crippen molar-refractivity contribution < 1.29 is 14.4 Å². The van der Waals surface area contributed by atoms with Crippen molar-refractivity contribution in [2.45, 2.75) is 38.8 Å². The number of piperazine rings is 1. The van der Waals surface area contributed by atoms with Crippen LogP contribution in [-0.4, -0.2) is 95.1 Å². The lowest BCUT2D eigenvalue weighted by Crippen LogP contribution is -2.55. The number of imidazole rings is 1. The molecule has 0 spiro atoms. The van der Waals surface area contributed by atoms with Crippen LogP contribution >= 0.6 is 11.3 Å². The van der Waals surface area contributed by atoms with E-state index in [0.29, 0.717) is 24.4 Å². The Morgan fingerprint density at radius 2 is 1.67 bits per heavy atom. The molecule has 3 aromatic heterocycles. The first-order valence-electron chi connectivity index (χ1n) is 19.9. The highest BCUT2D eigenvalue weighted by molar-refractivity contribution is 7.21. The maximum absolute atomic E-state index is 13.2. The highest BCUT2D eigenvalue weighted by atomic mass is 32.1. The third-order valence-electron chi connectivity index (χ3n) is 12.3. The smallest absolute Gasteiger partial charge is 0.329 e. The SMILES string of the molecule is Cc1cc(N2CCN(CC3CN(c4ccc5c(c4)n(C)c(=O)n5C4CCC(=O)NC4=O)C3)CC2)ccc1-c1ccc2c(ccc3sc4c(c32)NC[C@@H](C)NC4=O)n1. The van der Waals surface area contributed by atoms with E-state index in [-0.39, 0.29) is 30.0 Å². The fourth-order valence-corrected chi connectivity index (χ4v) is 10.3. The third kappa shape index (κ3) is 6.13. The summed E-state index contributed by atoms with van der Waals surface area (Å²) in [4.78, 5) is 63.6. The van der Waals surface area contributed by atoms with Crippen LogP contribution in [0.25, 0.3) is 43.3 Å². The molecular formula is C43H45N9O4S. The molecule has 0 bridgehead atoms. The van der Waals surface area contributed by atoms with Gasteiger partial charge in [0.1, 0.15) is 10.9 Å². The highest BCUT2D eigenvalue weighted by Gasteiger charge is 2.33. The molecule has 3 N–H and O–H groups in total. The lowest BCUT2D eigenvalue weighted by atomic mass is 9.97. The lowest BCUT2D eigenvalue weighted by molar-refractivity contribution is -0.135. The molecule has 0 saturated carbocycles. The molecule has 4 aliphatic heterocycles. The van der Waals surface area contributed by atoms with Crippen molar-refractivity contribution in [2.75, 3.05) is 67.5 Å². The van der Waals surface area contributed by atoms with Gasteiger partial charge in [-0.05, 0) is 80.4 Å². The molecule has 3 saturated heterocycles. The molecule has 3 fully saturated rings. The molecule has 2 atom stereocenters. The molecule has 0 radical (unpaired) electrons. The number of hydrogen-bond acceptors (Lipinski definition) is 10. The molecule has 57 heavy (non-hydrogen) atoms. The van der Waals surface area contributed by atoms with Crippen molar-refractivity contribution in [1.82, 2.24) is 29.7 Å². The van der Waals surface area contributed by atoms with E-state index in [1.807, 2.05) is 25.1 Å². The Morgan fingerprint density at radius 3 is 2.46 bits per heavy atom. The maximum Gasteiger partial charge on any atom is 0.329 e. The van der Waals surface area contributed by atoms with Crippen molar-refractivity contribution >= 4 is 78.1 Å². The number of anilines is 3. The third-order valence-corrected chi connectivity index (χ3v) is 13.5. The number of imide groups is 1. The van der Waals surface area contributed by atoms with Gasteiger partial charge < -0.3 is 20.4 Å². The van der Waals surface area contributed by atoms with Gasteiger partial charge in [0.2, 0.25) is 11.8 Å². The van der Waals surface area contributed by atoms with Gasteiger partial charge in [0.05, 0.1) is 27.9 Å². The second-order valence-corrected chi connectivity index (χ2v) is 17.2. The van der Waals surface area contributed by atoms with Crippen LogP contribution in [0.3, 0.4) is 0 Å². The molecule has 1 unspecified atom stereocenters. The number of pyridine rings is 1. The number of fused-ring (bicyclic) bond motifs is 6. The Morgan fingerprint density at radius 1 is 0.877 bits per heavy atom. The number of benzene rings is 3. The number of thiophene rings is 1. The summed E-state index contributed by atoms with van der Waals surface area (Å²) in [6.45, 7) is 11.8. The topological polar surface area (TPSA) is 137 Å². The molecule has 3 aromatic carbocycles. The normalized spacial score (nSPS) is 20.7. The van der Waals surface area contributed by atoms with Gasteiger partial charge in [0.25, 0.3) is 5.91 Å². The van der Waals surface area contributed by atoms with Crippen molar-refractivity contribution in [3.63, 3.8) is 0 Å². The average molecular weight is 784 g/mol. The minimum Gasteiger partial charge on any atom is -0.381 e. The molecule has 7 heterocycles. The van der Waals surface area contributed by atoms with E-state index in [4.69, 9.17) is 4.98 Å². The largest absolute Gasteiger partial charge is 0.381 e. The molecule has 10 rings (SSSR count). The Kier molecular flexibility index (Phi) is 8.59. The Bertz CT molecular complexity index is 2700. The molecule has 4 aliphatic rings. The van der Waals surface area contributed by atoms with Gasteiger partial charge in [-0.15, -0.1) is 11.3 Å². The predicted molar refractivity (Wildman–Crippen MR) is 226 cm³/mol. The van der Waals surface area contributed by atoms with Crippen LogP contribution in [0.5, 0.6) is 0 Å². The van der Waals surface area contributed by atoms with E-state index in [0.717, 1.165) is 99.8 Å². The van der Waals surface area contributed by atoms with Crippen molar-refractivity contribution in [3.8, 4) is 11.3 Å². The Balaban J connectivity index is 0.767. The molecular weight excluding hydrogens is 739 g/mol. The van der Waals surface area contributed by atoms with Gasteiger partial charge in [-0.25, -0.2) is 9.78 Å². The number of piperidine rings is 1. The number of carbonyl (C=O) groups is 3. The molecule has 13 nitrogen and oxygen atoms in total. The van der Waals surface area contributed by atoms with Crippen LogP contribution in [0.2, 0.25) is 0 Å². The lowest BCUT2D eigenvalue weighted by Gasteiger charge is -2.45. The summed E-state index contributed by atoms with van der Waals surface area (Å²) in [5.41, 5.74) is 8.67. The molecule has 6 aromatic rings. The van der Waals surface area contributed by atoms with Crippen LogP contribution in [0.15, 0.2) is 65.5 Å². The van der Waals surface area contributed by atoms with Gasteiger partial charge in [0, 0.05) is 110 Å². The van der Waals surface area contributed by atoms with Gasteiger partial charge in [-0.3, -0.25) is 33.7 Å². The number of hydrogen-bond donors (Lipinski definition) is 3. The van der Waals surface area contributed by atoms with Crippen LogP contribution in [0, 0.1) is 12.8 Å². The number of rotatable bonds is 6. The zero-order valence-corrected chi connectivity index (χ0v) is 33.1. The van der Waals surface area contributed by atoms with E-state index in [1.54, 1.807) is 11.6 Å². The van der Waals surface area contributed by atoms with E-state index >= 15 is 0 Å². The molecule has 0 aliphatic carbocycles. The van der Waals surface area contributed by atoms with E-state index < -0.39 is 11.9 Å². The maximum atomic E-state index is 13.2. The zero-order chi connectivity index (χ0) is 39.1. The molecule has 14 heteroatoms. The minimum atomic E-state index is -0.680. The summed E-state index contributed by atoms with van der Waals surface area (Å²) in [6.07, 6.45) is 0.552. The fourth-order valence-electron chi connectivity index (χ4n) is 9.24. The summed E-state index contributed by atoms with van der Waals surface area (Å²) < 4.78 is 4.22. The number of nitrogens with one attached hydrogen (secondary N) is 3. The summed E-state index contributed by atoms with van der Waals surface area (Å²) in [6, 6.07) is 20.5. The first-order chi connectivity index (χ1) is 27.6. The van der Waals surface area contributed by atoms with Crippen LogP contribution in [-0.2, 0) is 16.6 Å².